The van der Waals surface area contributed by atoms with Crippen LogP contribution < -0.4 is 10.1 Å². The van der Waals surface area contributed by atoms with Gasteiger partial charge in [0, 0.05) is 26.8 Å². The minimum absolute atomic E-state index is 0.0341. The highest BCUT2D eigenvalue weighted by Gasteiger charge is 2.06. The fourth-order valence-electron chi connectivity index (χ4n) is 1.91. The van der Waals surface area contributed by atoms with Gasteiger partial charge in [-0.05, 0) is 31.5 Å². The molecule has 0 aliphatic heterocycles. The van der Waals surface area contributed by atoms with Crippen LogP contribution in [0, 0.1) is 13.8 Å². The summed E-state index contributed by atoms with van der Waals surface area (Å²) in [7, 11) is 3.41. The smallest absolute Gasteiger partial charge is 0.259 e. The predicted octanol–water partition coefficient (Wildman–Crippen LogP) is 2.17. The predicted molar refractivity (Wildman–Crippen MR) is 89.5 cm³/mol. The number of benzene rings is 1. The Balaban J connectivity index is 1.97. The van der Waals surface area contributed by atoms with Crippen molar-refractivity contribution in [3.63, 3.8) is 0 Å². The van der Waals surface area contributed by atoms with E-state index in [2.05, 4.69) is 15.3 Å². The van der Waals surface area contributed by atoms with E-state index in [1.54, 1.807) is 20.3 Å². The minimum Gasteiger partial charge on any atom is -0.484 e. The zero-order chi connectivity index (χ0) is 16.8. The van der Waals surface area contributed by atoms with Gasteiger partial charge in [0.1, 0.15) is 11.6 Å². The van der Waals surface area contributed by atoms with E-state index in [0.29, 0.717) is 12.3 Å². The van der Waals surface area contributed by atoms with E-state index >= 15 is 0 Å². The summed E-state index contributed by atoms with van der Waals surface area (Å²) in [6.07, 6.45) is 1.75. The number of anilines is 1. The Hall–Kier alpha value is -2.63. The van der Waals surface area contributed by atoms with Gasteiger partial charge in [0.25, 0.3) is 5.91 Å². The Labute approximate surface area is 136 Å². The zero-order valence-corrected chi connectivity index (χ0v) is 14.0. The van der Waals surface area contributed by atoms with Crippen molar-refractivity contribution in [2.45, 2.75) is 20.4 Å². The molecule has 1 N–H and O–H groups in total. The largest absolute Gasteiger partial charge is 0.484 e. The van der Waals surface area contributed by atoms with Gasteiger partial charge in [-0.25, -0.2) is 4.98 Å². The van der Waals surface area contributed by atoms with Gasteiger partial charge in [0.2, 0.25) is 0 Å². The quantitative estimate of drug-likeness (QED) is 0.885. The Morgan fingerprint density at radius 3 is 2.83 bits per heavy atom. The number of aromatic nitrogens is 2. The van der Waals surface area contributed by atoms with E-state index in [0.717, 1.165) is 22.8 Å². The molecule has 0 saturated heterocycles. The number of hydrogen-bond donors (Lipinski definition) is 1. The molecule has 1 heterocycles. The van der Waals surface area contributed by atoms with Crippen LogP contribution in [0.4, 0.5) is 5.82 Å². The van der Waals surface area contributed by atoms with Crippen LogP contribution in [0.3, 0.4) is 0 Å². The van der Waals surface area contributed by atoms with Gasteiger partial charge in [-0.1, -0.05) is 12.1 Å². The van der Waals surface area contributed by atoms with Gasteiger partial charge in [-0.2, -0.15) is 0 Å². The first-order chi connectivity index (χ1) is 11.0. The first kappa shape index (κ1) is 16.7. The third-order valence-corrected chi connectivity index (χ3v) is 3.30. The first-order valence-corrected chi connectivity index (χ1v) is 7.41. The molecule has 1 aromatic carbocycles. The number of hydrogen-bond acceptors (Lipinski definition) is 5. The van der Waals surface area contributed by atoms with E-state index in [4.69, 9.17) is 4.74 Å². The highest BCUT2D eigenvalue weighted by molar-refractivity contribution is 5.77. The number of ether oxygens (including phenoxy) is 1. The number of carbonyl (C=O) groups is 1. The summed E-state index contributed by atoms with van der Waals surface area (Å²) in [5.74, 6) is 1.38. The van der Waals surface area contributed by atoms with Crippen LogP contribution in [-0.2, 0) is 11.3 Å². The van der Waals surface area contributed by atoms with Gasteiger partial charge in [0.05, 0.1) is 11.4 Å². The fraction of sp³-hybridized carbons (Fsp3) is 0.353. The molecule has 6 heteroatoms. The van der Waals surface area contributed by atoms with Crippen LogP contribution >= 0.6 is 0 Å². The Morgan fingerprint density at radius 2 is 2.09 bits per heavy atom. The molecule has 0 aliphatic rings. The zero-order valence-electron chi connectivity index (χ0n) is 14.0. The Morgan fingerprint density at radius 1 is 1.30 bits per heavy atom. The number of aryl methyl sites for hydroxylation is 2. The van der Waals surface area contributed by atoms with Gasteiger partial charge >= 0.3 is 0 Å². The molecule has 23 heavy (non-hydrogen) atoms. The fourth-order valence-corrected chi connectivity index (χ4v) is 1.91. The highest BCUT2D eigenvalue weighted by Crippen LogP contribution is 2.16. The number of carbonyl (C=O) groups excluding carboxylic acids is 1. The summed E-state index contributed by atoms with van der Waals surface area (Å²) in [5.41, 5.74) is 2.78. The van der Waals surface area contributed by atoms with Gasteiger partial charge < -0.3 is 15.0 Å². The normalized spacial score (nSPS) is 10.3. The first-order valence-electron chi connectivity index (χ1n) is 7.41. The lowest BCUT2D eigenvalue weighted by Crippen LogP contribution is -2.27. The molecular formula is C17H22N4O2. The van der Waals surface area contributed by atoms with Crippen LogP contribution in [0.15, 0.2) is 30.5 Å². The lowest BCUT2D eigenvalue weighted by molar-refractivity contribution is -0.130. The molecule has 0 spiro atoms. The number of likely N-dealkylation sites (N-methyl/N-ethyl adjacent to an activating group) is 1. The highest BCUT2D eigenvalue weighted by atomic mass is 16.5. The van der Waals surface area contributed by atoms with Crippen molar-refractivity contribution in [3.8, 4) is 5.75 Å². The molecule has 2 aromatic rings. The lowest BCUT2D eigenvalue weighted by atomic mass is 10.2. The van der Waals surface area contributed by atoms with Crippen LogP contribution in [0.5, 0.6) is 5.75 Å². The summed E-state index contributed by atoms with van der Waals surface area (Å²) in [6.45, 7) is 4.47. The molecule has 122 valence electrons. The lowest BCUT2D eigenvalue weighted by Gasteiger charge is -2.12. The van der Waals surface area contributed by atoms with E-state index in [9.17, 15) is 4.79 Å². The minimum atomic E-state index is -0.0702. The molecule has 2 rings (SSSR count). The molecule has 0 fully saturated rings. The molecule has 1 aromatic heterocycles. The second kappa shape index (κ2) is 7.58. The summed E-state index contributed by atoms with van der Waals surface area (Å²) >= 11 is 0. The number of rotatable bonds is 6. The maximum absolute atomic E-state index is 11.6. The summed E-state index contributed by atoms with van der Waals surface area (Å²) in [6, 6.07) is 7.64. The summed E-state index contributed by atoms with van der Waals surface area (Å²) < 4.78 is 5.52. The molecule has 0 aliphatic carbocycles. The SMILES string of the molecule is Cc1cnc(C)c(NCc2cccc(OCC(=O)N(C)C)c2)n1. The third-order valence-electron chi connectivity index (χ3n) is 3.30. The maximum atomic E-state index is 11.6. The molecule has 0 saturated carbocycles. The molecular weight excluding hydrogens is 292 g/mol. The van der Waals surface area contributed by atoms with Crippen molar-refractivity contribution in [1.29, 1.82) is 0 Å². The topological polar surface area (TPSA) is 67.4 Å². The van der Waals surface area contributed by atoms with Crippen molar-refractivity contribution >= 4 is 11.7 Å². The van der Waals surface area contributed by atoms with Crippen molar-refractivity contribution < 1.29 is 9.53 Å². The molecule has 6 nitrogen and oxygen atoms in total. The average molecular weight is 314 g/mol. The second-order valence-electron chi connectivity index (χ2n) is 5.52. The molecule has 0 bridgehead atoms. The Bertz CT molecular complexity index is 686. The summed E-state index contributed by atoms with van der Waals surface area (Å²) in [4.78, 5) is 21.8. The maximum Gasteiger partial charge on any atom is 0.259 e. The third kappa shape index (κ3) is 4.95. The van der Waals surface area contributed by atoms with Crippen molar-refractivity contribution in [3.05, 3.63) is 47.4 Å². The van der Waals surface area contributed by atoms with Crippen molar-refractivity contribution in [2.24, 2.45) is 0 Å². The molecule has 0 atom stereocenters. The average Bonchev–Trinajstić information content (AvgIpc) is 2.53. The van der Waals surface area contributed by atoms with Crippen LogP contribution in [0.25, 0.3) is 0 Å². The summed E-state index contributed by atoms with van der Waals surface area (Å²) in [5, 5.41) is 3.28. The standard InChI is InChI=1S/C17H22N4O2/c1-12-9-18-13(2)17(20-12)19-10-14-6-5-7-15(8-14)23-11-16(22)21(3)4/h5-9H,10-11H2,1-4H3,(H,19,20). The molecule has 0 radical (unpaired) electrons. The van der Waals surface area contributed by atoms with Gasteiger partial charge in [-0.3, -0.25) is 9.78 Å². The van der Waals surface area contributed by atoms with Crippen LogP contribution in [0.2, 0.25) is 0 Å². The molecule has 0 unspecified atom stereocenters. The van der Waals surface area contributed by atoms with Crippen molar-refractivity contribution in [1.82, 2.24) is 14.9 Å². The monoisotopic (exact) mass is 314 g/mol. The molecule has 1 amide bonds. The number of amides is 1. The number of nitrogens with one attached hydrogen (secondary N) is 1. The Kier molecular flexibility index (Phi) is 5.51. The van der Waals surface area contributed by atoms with Crippen molar-refractivity contribution in [2.75, 3.05) is 26.0 Å². The van der Waals surface area contributed by atoms with E-state index in [1.807, 2.05) is 38.1 Å². The van der Waals surface area contributed by atoms with Crippen LogP contribution in [-0.4, -0.2) is 41.5 Å². The van der Waals surface area contributed by atoms with Crippen LogP contribution in [0.1, 0.15) is 17.0 Å². The van der Waals surface area contributed by atoms with Gasteiger partial charge in [-0.15, -0.1) is 0 Å². The number of nitrogens with zero attached hydrogens (tertiary/aromatic N) is 3. The van der Waals surface area contributed by atoms with Gasteiger partial charge in [0.15, 0.2) is 6.61 Å². The van der Waals surface area contributed by atoms with E-state index in [-0.39, 0.29) is 12.5 Å². The van der Waals surface area contributed by atoms with E-state index < -0.39 is 0 Å². The van der Waals surface area contributed by atoms with E-state index in [1.165, 1.54) is 4.90 Å². The second-order valence-corrected chi connectivity index (χ2v) is 5.52.